The summed E-state index contributed by atoms with van der Waals surface area (Å²) in [5.74, 6) is 0. The fourth-order valence-corrected chi connectivity index (χ4v) is 2.85. The second-order valence-corrected chi connectivity index (χ2v) is 5.91. The number of anilines is 1. The predicted octanol–water partition coefficient (Wildman–Crippen LogP) is 5.52. The number of fused-ring (bicyclic) bond motifs is 1. The third-order valence-electron chi connectivity index (χ3n) is 3.49. The largest absolute Gasteiger partial charge is 0.381 e. The van der Waals surface area contributed by atoms with E-state index in [2.05, 4.69) is 88.8 Å². The smallest absolute Gasteiger partial charge is 0.0401 e. The lowest BCUT2D eigenvalue weighted by Crippen LogP contribution is -2.00. The Kier molecular flexibility index (Phi) is 3.75. The molecule has 0 spiro atoms. The van der Waals surface area contributed by atoms with E-state index in [1.807, 2.05) is 0 Å². The number of halogens is 1. The van der Waals surface area contributed by atoms with Crippen molar-refractivity contribution in [3.8, 4) is 0 Å². The second kappa shape index (κ2) is 5.68. The summed E-state index contributed by atoms with van der Waals surface area (Å²) < 4.78 is 1.12. The first-order valence-corrected chi connectivity index (χ1v) is 7.49. The van der Waals surface area contributed by atoms with E-state index in [0.29, 0.717) is 0 Å². The Morgan fingerprint density at radius 3 is 2.50 bits per heavy atom. The molecular weight excluding hydrogens is 310 g/mol. The molecule has 0 fully saturated rings. The lowest BCUT2D eigenvalue weighted by molar-refractivity contribution is 1.14. The molecule has 20 heavy (non-hydrogen) atoms. The molecule has 0 aliphatic rings. The van der Waals surface area contributed by atoms with Gasteiger partial charge in [0.05, 0.1) is 0 Å². The third-order valence-corrected chi connectivity index (χ3v) is 3.98. The van der Waals surface area contributed by atoms with Crippen molar-refractivity contribution in [1.82, 2.24) is 0 Å². The lowest BCUT2D eigenvalue weighted by atomic mass is 10.1. The summed E-state index contributed by atoms with van der Waals surface area (Å²) in [4.78, 5) is 0. The van der Waals surface area contributed by atoms with Crippen molar-refractivity contribution in [1.29, 1.82) is 0 Å². The minimum Gasteiger partial charge on any atom is -0.381 e. The first kappa shape index (κ1) is 13.2. The number of hydrogen-bond donors (Lipinski definition) is 1. The molecule has 0 amide bonds. The van der Waals surface area contributed by atoms with Gasteiger partial charge in [-0.1, -0.05) is 52.3 Å². The van der Waals surface area contributed by atoms with Crippen LogP contribution in [0.5, 0.6) is 0 Å². The average molecular weight is 326 g/mol. The van der Waals surface area contributed by atoms with Gasteiger partial charge in [-0.3, -0.25) is 0 Å². The van der Waals surface area contributed by atoms with Crippen molar-refractivity contribution in [2.75, 3.05) is 5.32 Å². The van der Waals surface area contributed by atoms with Gasteiger partial charge in [0, 0.05) is 16.7 Å². The summed E-state index contributed by atoms with van der Waals surface area (Å²) in [7, 11) is 0. The molecule has 2 heteroatoms. The maximum absolute atomic E-state index is 3.50. The van der Waals surface area contributed by atoms with Crippen molar-refractivity contribution in [3.05, 3.63) is 76.3 Å². The topological polar surface area (TPSA) is 12.0 Å². The van der Waals surface area contributed by atoms with Crippen molar-refractivity contribution in [2.24, 2.45) is 0 Å². The van der Waals surface area contributed by atoms with Crippen LogP contribution >= 0.6 is 15.9 Å². The van der Waals surface area contributed by atoms with Crippen molar-refractivity contribution in [2.45, 2.75) is 13.5 Å². The number of rotatable bonds is 3. The zero-order valence-corrected chi connectivity index (χ0v) is 12.9. The molecular formula is C18H16BrN. The summed E-state index contributed by atoms with van der Waals surface area (Å²) in [6, 6.07) is 21.4. The average Bonchev–Trinajstić information content (AvgIpc) is 2.46. The van der Waals surface area contributed by atoms with E-state index in [1.165, 1.54) is 27.6 Å². The van der Waals surface area contributed by atoms with Gasteiger partial charge in [-0.05, 0) is 53.1 Å². The lowest BCUT2D eigenvalue weighted by Gasteiger charge is -2.10. The van der Waals surface area contributed by atoms with Crippen LogP contribution < -0.4 is 5.32 Å². The summed E-state index contributed by atoms with van der Waals surface area (Å²) in [6.45, 7) is 2.96. The van der Waals surface area contributed by atoms with Gasteiger partial charge in [0.1, 0.15) is 0 Å². The number of nitrogens with one attached hydrogen (secondary N) is 1. The normalized spacial score (nSPS) is 10.7. The SMILES string of the molecule is Cc1cc(Br)ccc1NCc1ccc2ccccc2c1. The van der Waals surface area contributed by atoms with Crippen LogP contribution in [-0.2, 0) is 6.54 Å². The number of hydrogen-bond acceptors (Lipinski definition) is 1. The Bertz CT molecular complexity index is 749. The van der Waals surface area contributed by atoms with Crippen LogP contribution in [0.3, 0.4) is 0 Å². The highest BCUT2D eigenvalue weighted by atomic mass is 79.9. The van der Waals surface area contributed by atoms with E-state index in [1.54, 1.807) is 0 Å². The third kappa shape index (κ3) is 2.86. The van der Waals surface area contributed by atoms with Gasteiger partial charge < -0.3 is 5.32 Å². The molecule has 0 heterocycles. The first-order valence-electron chi connectivity index (χ1n) is 6.70. The quantitative estimate of drug-likeness (QED) is 0.668. The first-order chi connectivity index (χ1) is 9.72. The van der Waals surface area contributed by atoms with E-state index < -0.39 is 0 Å². The van der Waals surface area contributed by atoms with Gasteiger partial charge in [0.2, 0.25) is 0 Å². The Hall–Kier alpha value is -1.80. The van der Waals surface area contributed by atoms with Gasteiger partial charge >= 0.3 is 0 Å². The Balaban J connectivity index is 1.79. The van der Waals surface area contributed by atoms with E-state index in [0.717, 1.165) is 11.0 Å². The molecule has 1 N–H and O–H groups in total. The summed E-state index contributed by atoms with van der Waals surface area (Å²) >= 11 is 3.49. The molecule has 0 saturated carbocycles. The fourth-order valence-electron chi connectivity index (χ4n) is 2.37. The molecule has 0 saturated heterocycles. The molecule has 0 aromatic heterocycles. The van der Waals surface area contributed by atoms with Crippen LogP contribution in [-0.4, -0.2) is 0 Å². The van der Waals surface area contributed by atoms with Gasteiger partial charge in [0.15, 0.2) is 0 Å². The highest BCUT2D eigenvalue weighted by Crippen LogP contribution is 2.21. The minimum atomic E-state index is 0.841. The summed E-state index contributed by atoms with van der Waals surface area (Å²) in [5.41, 5.74) is 3.73. The molecule has 0 aliphatic heterocycles. The second-order valence-electron chi connectivity index (χ2n) is 4.99. The Morgan fingerprint density at radius 1 is 0.900 bits per heavy atom. The van der Waals surface area contributed by atoms with E-state index in [-0.39, 0.29) is 0 Å². The van der Waals surface area contributed by atoms with E-state index >= 15 is 0 Å². The van der Waals surface area contributed by atoms with E-state index in [9.17, 15) is 0 Å². The van der Waals surface area contributed by atoms with Crippen molar-refractivity contribution < 1.29 is 0 Å². The maximum Gasteiger partial charge on any atom is 0.0401 e. The van der Waals surface area contributed by atoms with Crippen LogP contribution in [0.15, 0.2) is 65.1 Å². The predicted molar refractivity (Wildman–Crippen MR) is 90.2 cm³/mol. The van der Waals surface area contributed by atoms with Crippen molar-refractivity contribution in [3.63, 3.8) is 0 Å². The van der Waals surface area contributed by atoms with Crippen molar-refractivity contribution >= 4 is 32.4 Å². The molecule has 0 aliphatic carbocycles. The zero-order valence-electron chi connectivity index (χ0n) is 11.4. The van der Waals surface area contributed by atoms with Gasteiger partial charge in [0.25, 0.3) is 0 Å². The monoisotopic (exact) mass is 325 g/mol. The molecule has 0 bridgehead atoms. The molecule has 1 nitrogen and oxygen atoms in total. The minimum absolute atomic E-state index is 0.841. The van der Waals surface area contributed by atoms with Crippen LogP contribution in [0.25, 0.3) is 10.8 Å². The highest BCUT2D eigenvalue weighted by molar-refractivity contribution is 9.10. The number of benzene rings is 3. The maximum atomic E-state index is 3.50. The van der Waals surface area contributed by atoms with Crippen LogP contribution in [0.4, 0.5) is 5.69 Å². The van der Waals surface area contributed by atoms with Gasteiger partial charge in [-0.25, -0.2) is 0 Å². The Morgan fingerprint density at radius 2 is 1.70 bits per heavy atom. The van der Waals surface area contributed by atoms with Gasteiger partial charge in [-0.2, -0.15) is 0 Å². The van der Waals surface area contributed by atoms with Gasteiger partial charge in [-0.15, -0.1) is 0 Å². The molecule has 3 rings (SSSR count). The molecule has 0 radical (unpaired) electrons. The van der Waals surface area contributed by atoms with Crippen LogP contribution in [0.1, 0.15) is 11.1 Å². The van der Waals surface area contributed by atoms with Crippen LogP contribution in [0, 0.1) is 6.92 Å². The molecule has 3 aromatic rings. The molecule has 0 unspecified atom stereocenters. The summed E-state index contributed by atoms with van der Waals surface area (Å²) in [6.07, 6.45) is 0. The van der Waals surface area contributed by atoms with Crippen LogP contribution in [0.2, 0.25) is 0 Å². The zero-order chi connectivity index (χ0) is 13.9. The number of aryl methyl sites for hydroxylation is 1. The van der Waals surface area contributed by atoms with E-state index in [4.69, 9.17) is 0 Å². The molecule has 0 atom stereocenters. The highest BCUT2D eigenvalue weighted by Gasteiger charge is 2.00. The molecule has 3 aromatic carbocycles. The Labute approximate surface area is 127 Å². The standard InChI is InChI=1S/C18H16BrN/c1-13-10-17(19)8-9-18(13)20-12-14-6-7-15-4-2-3-5-16(15)11-14/h2-11,20H,12H2,1H3. The summed E-state index contributed by atoms with van der Waals surface area (Å²) in [5, 5.41) is 6.08. The molecule has 100 valence electrons. The fraction of sp³-hybridized carbons (Fsp3) is 0.111.